The highest BCUT2D eigenvalue weighted by molar-refractivity contribution is 7.18. The number of aromatic nitrogens is 2. The fourth-order valence-corrected chi connectivity index (χ4v) is 3.29. The number of fused-ring (bicyclic) bond motifs is 1. The molecule has 0 aliphatic rings. The van der Waals surface area contributed by atoms with E-state index >= 15 is 0 Å². The number of hydrazone groups is 1. The van der Waals surface area contributed by atoms with Crippen molar-refractivity contribution in [3.05, 3.63) is 46.6 Å². The van der Waals surface area contributed by atoms with Crippen molar-refractivity contribution >= 4 is 45.2 Å². The van der Waals surface area contributed by atoms with E-state index in [1.807, 2.05) is 24.3 Å². The second kappa shape index (κ2) is 6.76. The van der Waals surface area contributed by atoms with E-state index < -0.39 is 0 Å². The van der Waals surface area contributed by atoms with Gasteiger partial charge in [0.05, 0.1) is 11.6 Å². The monoisotopic (exact) mass is 339 g/mol. The highest BCUT2D eigenvalue weighted by atomic mass is 32.1. The van der Waals surface area contributed by atoms with E-state index in [4.69, 9.17) is 0 Å². The van der Waals surface area contributed by atoms with Crippen LogP contribution in [0.1, 0.15) is 22.9 Å². The molecule has 3 aromatic rings. The molecule has 0 saturated heterocycles. The summed E-state index contributed by atoms with van der Waals surface area (Å²) in [6.07, 6.45) is 3.25. The van der Waals surface area contributed by atoms with Crippen molar-refractivity contribution in [3.8, 4) is 0 Å². The molecule has 7 heteroatoms. The molecule has 2 heterocycles. The molecular formula is C17H17N5OS. The average Bonchev–Trinajstić information content (AvgIpc) is 2.84. The Morgan fingerprint density at radius 2 is 1.96 bits per heavy atom. The van der Waals surface area contributed by atoms with E-state index in [1.165, 1.54) is 23.7 Å². The third kappa shape index (κ3) is 3.41. The Morgan fingerprint density at radius 3 is 2.67 bits per heavy atom. The average molecular weight is 339 g/mol. The molecule has 1 aromatic carbocycles. The molecule has 0 spiro atoms. The lowest BCUT2D eigenvalue weighted by atomic mass is 10.2. The maximum Gasteiger partial charge on any atom is 0.221 e. The topological polar surface area (TPSA) is 79.3 Å². The van der Waals surface area contributed by atoms with Crippen molar-refractivity contribution in [3.63, 3.8) is 0 Å². The summed E-state index contributed by atoms with van der Waals surface area (Å²) >= 11 is 1.65. The van der Waals surface area contributed by atoms with E-state index in [0.29, 0.717) is 5.82 Å². The van der Waals surface area contributed by atoms with E-state index in [-0.39, 0.29) is 5.91 Å². The molecule has 3 rings (SSSR count). The standard InChI is InChI=1S/C17H17N5OS/c1-10-11(2)24-17-15(10)16(18-9-19-17)22-20-8-13-4-6-14(7-5-13)21-12(3)23/h4-9H,1-3H3,(H,21,23)(H,18,19,22)/b20-8-. The van der Waals surface area contributed by atoms with Gasteiger partial charge in [0.2, 0.25) is 5.91 Å². The van der Waals surface area contributed by atoms with E-state index in [0.717, 1.165) is 21.5 Å². The summed E-state index contributed by atoms with van der Waals surface area (Å²) in [5.41, 5.74) is 5.84. The Morgan fingerprint density at radius 1 is 1.21 bits per heavy atom. The highest BCUT2D eigenvalue weighted by Crippen LogP contribution is 2.32. The van der Waals surface area contributed by atoms with Gasteiger partial charge in [0.15, 0.2) is 5.82 Å². The molecule has 2 N–H and O–H groups in total. The molecule has 0 aliphatic heterocycles. The number of hydrogen-bond acceptors (Lipinski definition) is 6. The fraction of sp³-hybridized carbons (Fsp3) is 0.176. The normalized spacial score (nSPS) is 11.1. The number of amides is 1. The summed E-state index contributed by atoms with van der Waals surface area (Å²) in [6, 6.07) is 7.42. The lowest BCUT2D eigenvalue weighted by Crippen LogP contribution is -2.05. The number of rotatable bonds is 4. The predicted octanol–water partition coefficient (Wildman–Crippen LogP) is 3.71. The molecule has 0 radical (unpaired) electrons. The van der Waals surface area contributed by atoms with Crippen LogP contribution in [0.25, 0.3) is 10.2 Å². The summed E-state index contributed by atoms with van der Waals surface area (Å²) in [6.45, 7) is 5.62. The van der Waals surface area contributed by atoms with Gasteiger partial charge in [-0.3, -0.25) is 10.2 Å². The summed E-state index contributed by atoms with van der Waals surface area (Å²) in [5, 5.41) is 7.99. The third-order valence-electron chi connectivity index (χ3n) is 3.58. The number of anilines is 2. The Hall–Kier alpha value is -2.80. The smallest absolute Gasteiger partial charge is 0.221 e. The van der Waals surface area contributed by atoms with Gasteiger partial charge in [-0.1, -0.05) is 12.1 Å². The molecular weight excluding hydrogens is 322 g/mol. The first-order valence-corrected chi connectivity index (χ1v) is 8.23. The van der Waals surface area contributed by atoms with E-state index in [1.54, 1.807) is 17.6 Å². The lowest BCUT2D eigenvalue weighted by Gasteiger charge is -2.03. The zero-order valence-electron chi connectivity index (χ0n) is 13.6. The van der Waals surface area contributed by atoms with Gasteiger partial charge < -0.3 is 5.32 Å². The molecule has 0 saturated carbocycles. The van der Waals surface area contributed by atoms with Gasteiger partial charge in [-0.25, -0.2) is 9.97 Å². The Balaban J connectivity index is 1.76. The summed E-state index contributed by atoms with van der Waals surface area (Å²) < 4.78 is 0. The fourth-order valence-electron chi connectivity index (χ4n) is 2.29. The third-order valence-corrected chi connectivity index (χ3v) is 4.70. The number of thiophene rings is 1. The zero-order chi connectivity index (χ0) is 17.1. The van der Waals surface area contributed by atoms with Crippen molar-refractivity contribution < 1.29 is 4.79 Å². The number of nitrogens with zero attached hydrogens (tertiary/aromatic N) is 3. The molecule has 0 bridgehead atoms. The SMILES string of the molecule is CC(=O)Nc1ccc(/C=N\Nc2ncnc3sc(C)c(C)c23)cc1. The van der Waals surface area contributed by atoms with Crippen LogP contribution in [0, 0.1) is 13.8 Å². The Labute approximate surface area is 143 Å². The van der Waals surface area contributed by atoms with Crippen LogP contribution in [0.3, 0.4) is 0 Å². The van der Waals surface area contributed by atoms with E-state index in [2.05, 4.69) is 39.7 Å². The van der Waals surface area contributed by atoms with Crippen LogP contribution in [0.4, 0.5) is 11.5 Å². The summed E-state index contributed by atoms with van der Waals surface area (Å²) in [5.74, 6) is 0.611. The maximum absolute atomic E-state index is 11.0. The molecule has 2 aromatic heterocycles. The van der Waals surface area contributed by atoms with Gasteiger partial charge in [-0.05, 0) is 37.1 Å². The van der Waals surface area contributed by atoms with Crippen LogP contribution in [0.15, 0.2) is 35.7 Å². The maximum atomic E-state index is 11.0. The van der Waals surface area contributed by atoms with Crippen LogP contribution >= 0.6 is 11.3 Å². The minimum absolute atomic E-state index is 0.0905. The molecule has 0 fully saturated rings. The summed E-state index contributed by atoms with van der Waals surface area (Å²) in [7, 11) is 0. The van der Waals surface area contributed by atoms with Crippen molar-refractivity contribution in [2.75, 3.05) is 10.7 Å². The molecule has 0 aliphatic carbocycles. The molecule has 24 heavy (non-hydrogen) atoms. The van der Waals surface area contributed by atoms with Crippen LogP contribution < -0.4 is 10.7 Å². The van der Waals surface area contributed by atoms with Gasteiger partial charge in [-0.2, -0.15) is 5.10 Å². The molecule has 122 valence electrons. The first-order valence-electron chi connectivity index (χ1n) is 7.42. The lowest BCUT2D eigenvalue weighted by molar-refractivity contribution is -0.114. The number of carbonyl (C=O) groups is 1. The number of carbonyl (C=O) groups excluding carboxylic acids is 1. The van der Waals surface area contributed by atoms with Gasteiger partial charge in [0, 0.05) is 17.5 Å². The predicted molar refractivity (Wildman–Crippen MR) is 98.9 cm³/mol. The van der Waals surface area contributed by atoms with Gasteiger partial charge in [0.1, 0.15) is 11.2 Å². The van der Waals surface area contributed by atoms with Crippen LogP contribution in [0.2, 0.25) is 0 Å². The van der Waals surface area contributed by atoms with Crippen molar-refractivity contribution in [1.82, 2.24) is 9.97 Å². The van der Waals surface area contributed by atoms with Crippen molar-refractivity contribution in [2.45, 2.75) is 20.8 Å². The first kappa shape index (κ1) is 16.1. The van der Waals surface area contributed by atoms with Crippen LogP contribution in [-0.4, -0.2) is 22.1 Å². The second-order valence-electron chi connectivity index (χ2n) is 5.36. The minimum atomic E-state index is -0.0905. The highest BCUT2D eigenvalue weighted by Gasteiger charge is 2.11. The Kier molecular flexibility index (Phi) is 4.52. The molecule has 6 nitrogen and oxygen atoms in total. The van der Waals surface area contributed by atoms with Gasteiger partial charge in [0.25, 0.3) is 0 Å². The van der Waals surface area contributed by atoms with Crippen LogP contribution in [-0.2, 0) is 4.79 Å². The first-order chi connectivity index (χ1) is 11.5. The van der Waals surface area contributed by atoms with Crippen molar-refractivity contribution in [1.29, 1.82) is 0 Å². The molecule has 1 amide bonds. The number of benzene rings is 1. The van der Waals surface area contributed by atoms with Crippen molar-refractivity contribution in [2.24, 2.45) is 5.10 Å². The number of nitrogens with one attached hydrogen (secondary N) is 2. The summed E-state index contributed by atoms with van der Waals surface area (Å²) in [4.78, 5) is 21.8. The molecule has 0 unspecified atom stereocenters. The second-order valence-corrected chi connectivity index (χ2v) is 6.56. The quantitative estimate of drug-likeness (QED) is 0.561. The Bertz CT molecular complexity index is 915. The molecule has 0 atom stereocenters. The largest absolute Gasteiger partial charge is 0.326 e. The number of aryl methyl sites for hydroxylation is 2. The van der Waals surface area contributed by atoms with E-state index in [9.17, 15) is 4.79 Å². The zero-order valence-corrected chi connectivity index (χ0v) is 14.4. The van der Waals surface area contributed by atoms with Gasteiger partial charge in [-0.15, -0.1) is 11.3 Å². The van der Waals surface area contributed by atoms with Crippen LogP contribution in [0.5, 0.6) is 0 Å². The number of hydrogen-bond donors (Lipinski definition) is 2. The van der Waals surface area contributed by atoms with Gasteiger partial charge >= 0.3 is 0 Å². The minimum Gasteiger partial charge on any atom is -0.326 e.